The van der Waals surface area contributed by atoms with Crippen LogP contribution in [0.15, 0.2) is 82.7 Å². The summed E-state index contributed by atoms with van der Waals surface area (Å²) in [5, 5.41) is 6.75. The molecule has 7 nitrogen and oxygen atoms in total. The molecule has 0 radical (unpaired) electrons. The molecular formula is C26H30N6O. The van der Waals surface area contributed by atoms with Gasteiger partial charge in [-0.3, -0.25) is 9.79 Å². The third-order valence-electron chi connectivity index (χ3n) is 5.65. The van der Waals surface area contributed by atoms with Crippen LogP contribution in [0.2, 0.25) is 0 Å². The van der Waals surface area contributed by atoms with Crippen LogP contribution in [0.5, 0.6) is 0 Å². The first-order valence-electron chi connectivity index (χ1n) is 11.2. The van der Waals surface area contributed by atoms with Gasteiger partial charge < -0.3 is 19.8 Å². The molecule has 0 aliphatic carbocycles. The number of nitrogens with one attached hydrogen (secondary N) is 2. The average Bonchev–Trinajstić information content (AvgIpc) is 3.16. The van der Waals surface area contributed by atoms with Crippen molar-refractivity contribution in [3.05, 3.63) is 100 Å². The van der Waals surface area contributed by atoms with Crippen LogP contribution >= 0.6 is 0 Å². The zero-order valence-corrected chi connectivity index (χ0v) is 19.2. The number of hydrogen-bond donors (Lipinski definition) is 2. The molecule has 0 spiro atoms. The van der Waals surface area contributed by atoms with E-state index < -0.39 is 0 Å². The Morgan fingerprint density at radius 2 is 1.73 bits per heavy atom. The summed E-state index contributed by atoms with van der Waals surface area (Å²) >= 11 is 0. The number of guanidine groups is 1. The number of aliphatic imine (C=N–C) groups is 1. The van der Waals surface area contributed by atoms with Gasteiger partial charge in [0.05, 0.1) is 17.6 Å². The molecule has 2 N–H and O–H groups in total. The van der Waals surface area contributed by atoms with Crippen LogP contribution in [0.4, 0.5) is 0 Å². The van der Waals surface area contributed by atoms with E-state index in [9.17, 15) is 4.79 Å². The van der Waals surface area contributed by atoms with Crippen molar-refractivity contribution in [1.29, 1.82) is 0 Å². The smallest absolute Gasteiger partial charge is 0.250 e. The number of rotatable bonds is 8. The van der Waals surface area contributed by atoms with E-state index in [0.29, 0.717) is 13.1 Å². The monoisotopic (exact) mass is 442 g/mol. The maximum atomic E-state index is 11.9. The number of hydrogen-bond acceptors (Lipinski definition) is 3. The van der Waals surface area contributed by atoms with Crippen molar-refractivity contribution in [2.75, 3.05) is 13.6 Å². The van der Waals surface area contributed by atoms with Crippen LogP contribution in [0.25, 0.3) is 11.0 Å². The number of nitrogens with zero attached hydrogens (tertiary/aromatic N) is 4. The Hall–Kier alpha value is -3.87. The number of imidazole rings is 1. The third-order valence-corrected chi connectivity index (χ3v) is 5.65. The minimum atomic E-state index is 0.00880. The van der Waals surface area contributed by atoms with Crippen molar-refractivity contribution in [1.82, 2.24) is 24.8 Å². The minimum absolute atomic E-state index is 0.00880. The van der Waals surface area contributed by atoms with Crippen LogP contribution in [0.3, 0.4) is 0 Å². The Morgan fingerprint density at radius 3 is 2.52 bits per heavy atom. The maximum absolute atomic E-state index is 11.9. The second-order valence-corrected chi connectivity index (χ2v) is 7.99. The summed E-state index contributed by atoms with van der Waals surface area (Å²) in [6.45, 7) is 5.02. The van der Waals surface area contributed by atoms with E-state index in [0.717, 1.165) is 47.9 Å². The molecule has 2 aromatic carbocycles. The van der Waals surface area contributed by atoms with Crippen molar-refractivity contribution >= 4 is 17.0 Å². The molecule has 0 unspecified atom stereocenters. The molecule has 0 fully saturated rings. The molecule has 0 aliphatic heterocycles. The predicted octanol–water partition coefficient (Wildman–Crippen LogP) is 3.31. The van der Waals surface area contributed by atoms with Gasteiger partial charge in [-0.2, -0.15) is 0 Å². The van der Waals surface area contributed by atoms with E-state index in [1.54, 1.807) is 23.7 Å². The summed E-state index contributed by atoms with van der Waals surface area (Å²) in [5.41, 5.74) is 4.48. The Bertz CT molecular complexity index is 1290. The van der Waals surface area contributed by atoms with Crippen LogP contribution in [-0.4, -0.2) is 33.7 Å². The lowest BCUT2D eigenvalue weighted by molar-refractivity contribution is 0.624. The van der Waals surface area contributed by atoms with Crippen molar-refractivity contribution in [3.63, 3.8) is 0 Å². The molecule has 0 saturated carbocycles. The summed E-state index contributed by atoms with van der Waals surface area (Å²) < 4.78 is 3.96. The largest absolute Gasteiger partial charge is 0.356 e. The van der Waals surface area contributed by atoms with E-state index in [-0.39, 0.29) is 5.56 Å². The van der Waals surface area contributed by atoms with E-state index in [1.807, 2.05) is 18.3 Å². The fourth-order valence-electron chi connectivity index (χ4n) is 3.88. The normalized spacial score (nSPS) is 11.6. The molecule has 2 aromatic heterocycles. The fourth-order valence-corrected chi connectivity index (χ4v) is 3.88. The number of benzene rings is 2. The van der Waals surface area contributed by atoms with Crippen molar-refractivity contribution in [2.45, 2.75) is 33.0 Å². The second-order valence-electron chi connectivity index (χ2n) is 7.99. The number of aryl methyl sites for hydroxylation is 2. The van der Waals surface area contributed by atoms with Gasteiger partial charge in [-0.05, 0) is 42.7 Å². The van der Waals surface area contributed by atoms with Gasteiger partial charge in [0.25, 0.3) is 5.56 Å². The molecule has 0 atom stereocenters. The molecule has 7 heteroatoms. The van der Waals surface area contributed by atoms with E-state index >= 15 is 0 Å². The lowest BCUT2D eigenvalue weighted by atomic mass is 10.1. The molecule has 33 heavy (non-hydrogen) atoms. The average molecular weight is 443 g/mol. The van der Waals surface area contributed by atoms with Gasteiger partial charge in [0, 0.05) is 38.9 Å². The number of para-hydroxylation sites is 2. The topological polar surface area (TPSA) is 76.2 Å². The zero-order chi connectivity index (χ0) is 23.0. The Labute approximate surface area is 193 Å². The van der Waals surface area contributed by atoms with Crippen LogP contribution in [-0.2, 0) is 19.6 Å². The molecule has 0 bridgehead atoms. The maximum Gasteiger partial charge on any atom is 0.250 e. The van der Waals surface area contributed by atoms with Gasteiger partial charge in [-0.25, -0.2) is 4.98 Å². The highest BCUT2D eigenvalue weighted by Gasteiger charge is 2.06. The van der Waals surface area contributed by atoms with Crippen molar-refractivity contribution < 1.29 is 0 Å². The second kappa shape index (κ2) is 10.6. The first-order valence-corrected chi connectivity index (χ1v) is 11.2. The number of fused-ring (bicyclic) bond motifs is 1. The van der Waals surface area contributed by atoms with Gasteiger partial charge in [-0.15, -0.1) is 0 Å². The highest BCUT2D eigenvalue weighted by molar-refractivity contribution is 5.79. The van der Waals surface area contributed by atoms with Crippen molar-refractivity contribution in [2.24, 2.45) is 4.99 Å². The fraction of sp³-hybridized carbons (Fsp3) is 0.269. The summed E-state index contributed by atoms with van der Waals surface area (Å²) in [7, 11) is 1.78. The molecular weight excluding hydrogens is 412 g/mol. The van der Waals surface area contributed by atoms with Crippen LogP contribution < -0.4 is 16.2 Å². The molecule has 170 valence electrons. The highest BCUT2D eigenvalue weighted by Crippen LogP contribution is 2.15. The number of pyridine rings is 1. The summed E-state index contributed by atoms with van der Waals surface area (Å²) in [5.74, 6) is 1.82. The number of aromatic nitrogens is 3. The van der Waals surface area contributed by atoms with Gasteiger partial charge in [0.15, 0.2) is 5.96 Å². The molecule has 4 aromatic rings. The van der Waals surface area contributed by atoms with Crippen molar-refractivity contribution in [3.8, 4) is 0 Å². The summed E-state index contributed by atoms with van der Waals surface area (Å²) in [4.78, 5) is 20.8. The van der Waals surface area contributed by atoms with E-state index in [2.05, 4.69) is 74.6 Å². The molecule has 0 aliphatic rings. The first kappa shape index (κ1) is 22.3. The standard InChI is InChI=1S/C26H30N6O/c1-20-30-23-8-3-4-9-24(23)32(20)17-7-15-28-26(27-2)29-18-21-11-13-22(14-12-21)19-31-16-6-5-10-25(31)33/h3-6,8-14,16H,7,15,17-19H2,1-2H3,(H2,27,28,29). The molecule has 0 saturated heterocycles. The predicted molar refractivity (Wildman–Crippen MR) is 134 cm³/mol. The first-order chi connectivity index (χ1) is 16.1. The van der Waals surface area contributed by atoms with E-state index in [4.69, 9.17) is 0 Å². The van der Waals surface area contributed by atoms with Gasteiger partial charge in [-0.1, -0.05) is 42.5 Å². The van der Waals surface area contributed by atoms with E-state index in [1.165, 1.54) is 5.52 Å². The third kappa shape index (κ3) is 5.68. The minimum Gasteiger partial charge on any atom is -0.356 e. The zero-order valence-electron chi connectivity index (χ0n) is 19.2. The SMILES string of the molecule is CN=C(NCCCn1c(C)nc2ccccc21)NCc1ccc(Cn2ccccc2=O)cc1. The molecule has 4 rings (SSSR count). The quantitative estimate of drug-likeness (QED) is 0.249. The Balaban J connectivity index is 1.23. The van der Waals surface area contributed by atoms with Gasteiger partial charge in [0.1, 0.15) is 5.82 Å². The summed E-state index contributed by atoms with van der Waals surface area (Å²) in [6, 6.07) is 21.7. The Morgan fingerprint density at radius 1 is 0.970 bits per heavy atom. The highest BCUT2D eigenvalue weighted by atomic mass is 16.1. The lowest BCUT2D eigenvalue weighted by Crippen LogP contribution is -2.37. The Kier molecular flexibility index (Phi) is 7.19. The van der Waals surface area contributed by atoms with Crippen LogP contribution in [0, 0.1) is 6.92 Å². The van der Waals surface area contributed by atoms with Gasteiger partial charge >= 0.3 is 0 Å². The van der Waals surface area contributed by atoms with Crippen LogP contribution in [0.1, 0.15) is 23.4 Å². The molecule has 0 amide bonds. The summed E-state index contributed by atoms with van der Waals surface area (Å²) in [6.07, 6.45) is 2.78. The van der Waals surface area contributed by atoms with Gasteiger partial charge in [0.2, 0.25) is 0 Å². The lowest BCUT2D eigenvalue weighted by Gasteiger charge is -2.13. The molecule has 2 heterocycles.